The first-order valence-electron chi connectivity index (χ1n) is 2.97. The highest BCUT2D eigenvalue weighted by Gasteiger charge is 2.00. The highest BCUT2D eigenvalue weighted by Crippen LogP contribution is 1.89. The summed E-state index contributed by atoms with van der Waals surface area (Å²) in [6.07, 6.45) is 6.72. The Balaban J connectivity index is 2.68. The van der Waals surface area contributed by atoms with Crippen molar-refractivity contribution in [3.63, 3.8) is 0 Å². The lowest BCUT2D eigenvalue weighted by atomic mass is 10.3. The number of carbonyl (C=O) groups is 2. The van der Waals surface area contributed by atoms with Gasteiger partial charge < -0.3 is 0 Å². The topological polar surface area (TPSA) is 46.2 Å². The standard InChI is InChI=1S/C7H7NO2/c9-6-4-2-1-3-5-7(10)8-6/h2-5H,1H2,(H,8,9,10)/b4-2-,5-3-. The second-order valence-electron chi connectivity index (χ2n) is 1.89. The molecule has 0 fully saturated rings. The van der Waals surface area contributed by atoms with Crippen molar-refractivity contribution in [2.75, 3.05) is 0 Å². The minimum Gasteiger partial charge on any atom is -0.289 e. The van der Waals surface area contributed by atoms with Gasteiger partial charge in [-0.1, -0.05) is 12.2 Å². The number of hydrogen-bond donors (Lipinski definition) is 1. The molecule has 0 aliphatic carbocycles. The van der Waals surface area contributed by atoms with Gasteiger partial charge in [-0.2, -0.15) is 0 Å². The van der Waals surface area contributed by atoms with Crippen LogP contribution in [0.3, 0.4) is 0 Å². The molecule has 0 saturated carbocycles. The number of allylic oxidation sites excluding steroid dienone is 2. The molecule has 10 heavy (non-hydrogen) atoms. The van der Waals surface area contributed by atoms with Gasteiger partial charge in [0, 0.05) is 0 Å². The maximum absolute atomic E-state index is 10.6. The van der Waals surface area contributed by atoms with Gasteiger partial charge in [0.1, 0.15) is 0 Å². The monoisotopic (exact) mass is 137 g/mol. The summed E-state index contributed by atoms with van der Waals surface area (Å²) in [4.78, 5) is 21.2. The Morgan fingerprint density at radius 1 is 1.10 bits per heavy atom. The van der Waals surface area contributed by atoms with Crippen LogP contribution in [0.15, 0.2) is 24.3 Å². The average molecular weight is 137 g/mol. The number of nitrogens with one attached hydrogen (secondary N) is 1. The van der Waals surface area contributed by atoms with Gasteiger partial charge in [0.15, 0.2) is 0 Å². The van der Waals surface area contributed by atoms with Gasteiger partial charge in [-0.15, -0.1) is 0 Å². The van der Waals surface area contributed by atoms with Crippen molar-refractivity contribution in [3.8, 4) is 0 Å². The Hall–Kier alpha value is -1.38. The summed E-state index contributed by atoms with van der Waals surface area (Å²) in [7, 11) is 0. The fourth-order valence-electron chi connectivity index (χ4n) is 0.633. The number of rotatable bonds is 0. The molecule has 1 aliphatic heterocycles. The Bertz CT molecular complexity index is 194. The van der Waals surface area contributed by atoms with Crippen LogP contribution in [0.2, 0.25) is 0 Å². The van der Waals surface area contributed by atoms with Crippen LogP contribution in [-0.4, -0.2) is 11.8 Å². The molecule has 0 aromatic heterocycles. The van der Waals surface area contributed by atoms with Crippen LogP contribution < -0.4 is 5.32 Å². The van der Waals surface area contributed by atoms with Crippen molar-refractivity contribution in [2.45, 2.75) is 6.42 Å². The molecule has 0 saturated heterocycles. The van der Waals surface area contributed by atoms with Crippen molar-refractivity contribution in [1.29, 1.82) is 0 Å². The zero-order valence-corrected chi connectivity index (χ0v) is 5.33. The number of amides is 2. The highest BCUT2D eigenvalue weighted by molar-refractivity contribution is 6.05. The fraction of sp³-hybridized carbons (Fsp3) is 0.143. The summed E-state index contributed by atoms with van der Waals surface area (Å²) in [6.45, 7) is 0. The predicted molar refractivity (Wildman–Crippen MR) is 36.0 cm³/mol. The summed E-state index contributed by atoms with van der Waals surface area (Å²) in [5, 5.41) is 2.13. The van der Waals surface area contributed by atoms with Crippen LogP contribution in [0.4, 0.5) is 0 Å². The van der Waals surface area contributed by atoms with Crippen molar-refractivity contribution >= 4 is 11.8 Å². The van der Waals surface area contributed by atoms with Crippen LogP contribution >= 0.6 is 0 Å². The molecule has 1 aliphatic rings. The minimum atomic E-state index is -0.352. The number of imide groups is 1. The van der Waals surface area contributed by atoms with Crippen molar-refractivity contribution in [3.05, 3.63) is 24.3 Å². The van der Waals surface area contributed by atoms with Gasteiger partial charge in [-0.05, 0) is 18.6 Å². The van der Waals surface area contributed by atoms with E-state index in [1.807, 2.05) is 0 Å². The molecule has 1 heterocycles. The Morgan fingerprint density at radius 3 is 2.10 bits per heavy atom. The number of hydrogen-bond acceptors (Lipinski definition) is 2. The molecule has 0 atom stereocenters. The maximum Gasteiger partial charge on any atom is 0.250 e. The Labute approximate surface area is 58.4 Å². The fourth-order valence-corrected chi connectivity index (χ4v) is 0.633. The highest BCUT2D eigenvalue weighted by atomic mass is 16.2. The Morgan fingerprint density at radius 2 is 1.60 bits per heavy atom. The lowest BCUT2D eigenvalue weighted by Gasteiger charge is -1.96. The SMILES string of the molecule is O=C1/C=C\C/C=C\C(=O)N1. The third-order valence-electron chi connectivity index (χ3n) is 1.06. The van der Waals surface area contributed by atoms with Crippen LogP contribution in [0, 0.1) is 0 Å². The van der Waals surface area contributed by atoms with Crippen molar-refractivity contribution in [1.82, 2.24) is 5.32 Å². The lowest BCUT2D eigenvalue weighted by molar-refractivity contribution is -0.125. The van der Waals surface area contributed by atoms with Gasteiger partial charge >= 0.3 is 0 Å². The number of carbonyl (C=O) groups excluding carboxylic acids is 2. The van der Waals surface area contributed by atoms with E-state index in [0.717, 1.165) is 0 Å². The van der Waals surface area contributed by atoms with E-state index in [2.05, 4.69) is 5.32 Å². The molecule has 1 rings (SSSR count). The molecule has 0 unspecified atom stereocenters. The van der Waals surface area contributed by atoms with E-state index in [9.17, 15) is 9.59 Å². The summed E-state index contributed by atoms with van der Waals surface area (Å²) in [6, 6.07) is 0. The van der Waals surface area contributed by atoms with Gasteiger partial charge in [0.25, 0.3) is 0 Å². The molecule has 0 radical (unpaired) electrons. The maximum atomic E-state index is 10.6. The normalized spacial score (nSPS) is 24.4. The van der Waals surface area contributed by atoms with Crippen molar-refractivity contribution in [2.24, 2.45) is 0 Å². The minimum absolute atomic E-state index is 0.352. The molecular weight excluding hydrogens is 130 g/mol. The van der Waals surface area contributed by atoms with Gasteiger partial charge in [0.2, 0.25) is 11.8 Å². The zero-order valence-electron chi connectivity index (χ0n) is 5.33. The van der Waals surface area contributed by atoms with E-state index in [0.29, 0.717) is 6.42 Å². The van der Waals surface area contributed by atoms with E-state index >= 15 is 0 Å². The predicted octanol–water partition coefficient (Wildman–Crippen LogP) is 0.145. The zero-order chi connectivity index (χ0) is 7.40. The van der Waals surface area contributed by atoms with Gasteiger partial charge in [-0.3, -0.25) is 14.9 Å². The van der Waals surface area contributed by atoms with E-state index in [-0.39, 0.29) is 11.8 Å². The molecular formula is C7H7NO2. The van der Waals surface area contributed by atoms with E-state index in [1.54, 1.807) is 12.2 Å². The average Bonchev–Trinajstić information content (AvgIpc) is 1.83. The molecule has 0 aromatic carbocycles. The third kappa shape index (κ3) is 1.85. The smallest absolute Gasteiger partial charge is 0.250 e. The first-order chi connectivity index (χ1) is 4.79. The van der Waals surface area contributed by atoms with Crippen LogP contribution in [0.5, 0.6) is 0 Å². The second-order valence-corrected chi connectivity index (χ2v) is 1.89. The molecule has 0 spiro atoms. The first kappa shape index (κ1) is 6.74. The third-order valence-corrected chi connectivity index (χ3v) is 1.06. The van der Waals surface area contributed by atoms with Crippen LogP contribution in [0.1, 0.15) is 6.42 Å². The molecule has 0 bridgehead atoms. The van der Waals surface area contributed by atoms with Crippen LogP contribution in [0.25, 0.3) is 0 Å². The van der Waals surface area contributed by atoms with E-state index in [1.165, 1.54) is 12.2 Å². The second kappa shape index (κ2) is 2.96. The van der Waals surface area contributed by atoms with Gasteiger partial charge in [-0.25, -0.2) is 0 Å². The quantitative estimate of drug-likeness (QED) is 0.483. The van der Waals surface area contributed by atoms with E-state index in [4.69, 9.17) is 0 Å². The molecule has 52 valence electrons. The summed E-state index contributed by atoms with van der Waals surface area (Å²) in [5.41, 5.74) is 0. The van der Waals surface area contributed by atoms with Crippen LogP contribution in [-0.2, 0) is 9.59 Å². The summed E-state index contributed by atoms with van der Waals surface area (Å²) < 4.78 is 0. The molecule has 3 nitrogen and oxygen atoms in total. The molecule has 0 aromatic rings. The summed E-state index contributed by atoms with van der Waals surface area (Å²) >= 11 is 0. The van der Waals surface area contributed by atoms with E-state index < -0.39 is 0 Å². The molecule has 1 N–H and O–H groups in total. The van der Waals surface area contributed by atoms with Gasteiger partial charge in [0.05, 0.1) is 0 Å². The van der Waals surface area contributed by atoms with Crippen molar-refractivity contribution < 1.29 is 9.59 Å². The summed E-state index contributed by atoms with van der Waals surface area (Å²) in [5.74, 6) is -0.705. The molecule has 2 amide bonds. The lowest BCUT2D eigenvalue weighted by Crippen LogP contribution is -2.27. The Kier molecular flexibility index (Phi) is 1.99. The molecule has 3 heteroatoms. The largest absolute Gasteiger partial charge is 0.289 e. The first-order valence-corrected chi connectivity index (χ1v) is 2.97.